The van der Waals surface area contributed by atoms with Crippen LogP contribution in [-0.4, -0.2) is 38.4 Å². The maximum Gasteiger partial charge on any atom is 0.239 e. The third-order valence-corrected chi connectivity index (χ3v) is 7.24. The largest absolute Gasteiger partial charge is 0.497 e. The summed E-state index contributed by atoms with van der Waals surface area (Å²) >= 11 is 2.64. The summed E-state index contributed by atoms with van der Waals surface area (Å²) in [6.07, 6.45) is 0. The molecule has 9 heteroatoms. The molecular formula is C28H23N5O2S2. The lowest BCUT2D eigenvalue weighted by Gasteiger charge is -2.12. The summed E-state index contributed by atoms with van der Waals surface area (Å²) in [5.41, 5.74) is 5.03. The zero-order valence-corrected chi connectivity index (χ0v) is 21.8. The monoisotopic (exact) mass is 525 g/mol. The quantitative estimate of drug-likeness (QED) is 0.233. The van der Waals surface area contributed by atoms with Crippen LogP contribution in [0.1, 0.15) is 6.92 Å². The van der Waals surface area contributed by atoms with Crippen molar-refractivity contribution in [1.82, 2.24) is 20.2 Å². The second-order valence-electron chi connectivity index (χ2n) is 8.04. The lowest BCUT2D eigenvalue weighted by atomic mass is 10.0. The normalized spacial score (nSPS) is 11.6. The molecule has 0 aliphatic heterocycles. The van der Waals surface area contributed by atoms with Gasteiger partial charge in [-0.1, -0.05) is 72.4 Å². The number of aromatic nitrogens is 4. The number of anilines is 1. The molecule has 184 valence electrons. The first-order valence-electron chi connectivity index (χ1n) is 11.5. The number of ether oxygens (including phenoxy) is 1. The maximum absolute atomic E-state index is 12.9. The molecule has 5 rings (SSSR count). The average Bonchev–Trinajstić information content (AvgIpc) is 3.42. The summed E-state index contributed by atoms with van der Waals surface area (Å²) in [6, 6.07) is 27.3. The van der Waals surface area contributed by atoms with E-state index in [0.29, 0.717) is 16.0 Å². The topological polar surface area (TPSA) is 89.9 Å². The van der Waals surface area contributed by atoms with Gasteiger partial charge >= 0.3 is 0 Å². The highest BCUT2D eigenvalue weighted by molar-refractivity contribution is 8.00. The minimum absolute atomic E-state index is 0.183. The van der Waals surface area contributed by atoms with Gasteiger partial charge in [0.2, 0.25) is 11.1 Å². The Bertz CT molecular complexity index is 1490. The number of methoxy groups -OCH3 is 1. The fraction of sp³-hybridized carbons (Fsp3) is 0.107. The van der Waals surface area contributed by atoms with Crippen LogP contribution in [0.4, 0.5) is 5.13 Å². The Balaban J connectivity index is 1.31. The molecule has 1 N–H and O–H groups in total. The van der Waals surface area contributed by atoms with Crippen molar-refractivity contribution in [3.05, 3.63) is 90.3 Å². The van der Waals surface area contributed by atoms with E-state index in [-0.39, 0.29) is 5.91 Å². The lowest BCUT2D eigenvalue weighted by molar-refractivity contribution is -0.115. The number of carbonyl (C=O) groups is 1. The number of hydrogen-bond donors (Lipinski definition) is 1. The van der Waals surface area contributed by atoms with Crippen LogP contribution in [0.25, 0.3) is 33.8 Å². The van der Waals surface area contributed by atoms with Crippen molar-refractivity contribution in [2.75, 3.05) is 12.4 Å². The van der Waals surface area contributed by atoms with Crippen molar-refractivity contribution < 1.29 is 9.53 Å². The van der Waals surface area contributed by atoms with Gasteiger partial charge in [0.05, 0.1) is 18.1 Å². The zero-order valence-electron chi connectivity index (χ0n) is 20.2. The van der Waals surface area contributed by atoms with Crippen LogP contribution in [-0.2, 0) is 4.79 Å². The first-order chi connectivity index (χ1) is 18.1. The third-order valence-electron chi connectivity index (χ3n) is 5.53. The minimum Gasteiger partial charge on any atom is -0.497 e. The molecule has 0 bridgehead atoms. The summed E-state index contributed by atoms with van der Waals surface area (Å²) in [7, 11) is 1.63. The van der Waals surface area contributed by atoms with Crippen LogP contribution >= 0.6 is 23.1 Å². The molecule has 2 aromatic heterocycles. The minimum atomic E-state index is -0.457. The molecule has 1 unspecified atom stereocenters. The number of hydrogen-bond acceptors (Lipinski definition) is 8. The summed E-state index contributed by atoms with van der Waals surface area (Å²) < 4.78 is 5.21. The second-order valence-corrected chi connectivity index (χ2v) is 10.2. The molecule has 0 saturated heterocycles. The van der Waals surface area contributed by atoms with E-state index in [9.17, 15) is 4.79 Å². The SMILES string of the molecule is COc1ccc(-c2csc(NC(=O)C(C)Sc3nnc(-c4ccccc4)c(-c4ccccc4)n3)n2)cc1. The average molecular weight is 526 g/mol. The molecular weight excluding hydrogens is 502 g/mol. The van der Waals surface area contributed by atoms with Crippen molar-refractivity contribution in [2.45, 2.75) is 17.3 Å². The van der Waals surface area contributed by atoms with Crippen molar-refractivity contribution in [3.63, 3.8) is 0 Å². The van der Waals surface area contributed by atoms with Gasteiger partial charge in [0.15, 0.2) is 5.13 Å². The lowest BCUT2D eigenvalue weighted by Crippen LogP contribution is -2.22. The van der Waals surface area contributed by atoms with Crippen LogP contribution in [0.15, 0.2) is 95.5 Å². The Labute approximate surface area is 223 Å². The van der Waals surface area contributed by atoms with Crippen molar-refractivity contribution in [3.8, 4) is 39.5 Å². The maximum atomic E-state index is 12.9. The Morgan fingerprint density at radius 2 is 1.49 bits per heavy atom. The molecule has 7 nitrogen and oxygen atoms in total. The Hall–Kier alpha value is -4.08. The smallest absolute Gasteiger partial charge is 0.239 e. The highest BCUT2D eigenvalue weighted by Crippen LogP contribution is 2.31. The summed E-state index contributed by atoms with van der Waals surface area (Å²) in [5.74, 6) is 0.597. The van der Waals surface area contributed by atoms with Crippen LogP contribution < -0.4 is 10.1 Å². The molecule has 0 fully saturated rings. The molecule has 1 atom stereocenters. The van der Waals surface area contributed by atoms with Gasteiger partial charge in [-0.3, -0.25) is 4.79 Å². The summed E-state index contributed by atoms with van der Waals surface area (Å²) in [4.78, 5) is 22.3. The predicted octanol–water partition coefficient (Wildman–Crippen LogP) is 6.46. The highest BCUT2D eigenvalue weighted by Gasteiger charge is 2.20. The van der Waals surface area contributed by atoms with E-state index in [1.807, 2.05) is 97.2 Å². The van der Waals surface area contributed by atoms with Gasteiger partial charge in [0, 0.05) is 22.1 Å². The van der Waals surface area contributed by atoms with Gasteiger partial charge in [-0.2, -0.15) is 0 Å². The van der Waals surface area contributed by atoms with Crippen LogP contribution in [0, 0.1) is 0 Å². The number of thioether (sulfide) groups is 1. The number of nitrogens with one attached hydrogen (secondary N) is 1. The molecule has 0 aliphatic rings. The summed E-state index contributed by atoms with van der Waals surface area (Å²) in [5, 5.41) is 14.1. The molecule has 0 saturated carbocycles. The molecule has 37 heavy (non-hydrogen) atoms. The van der Waals surface area contributed by atoms with Gasteiger partial charge < -0.3 is 10.1 Å². The highest BCUT2D eigenvalue weighted by atomic mass is 32.2. The van der Waals surface area contributed by atoms with E-state index in [4.69, 9.17) is 9.72 Å². The number of carbonyl (C=O) groups excluding carboxylic acids is 1. The molecule has 5 aromatic rings. The van der Waals surface area contributed by atoms with E-state index in [2.05, 4.69) is 20.5 Å². The van der Waals surface area contributed by atoms with Crippen LogP contribution in [0.3, 0.4) is 0 Å². The van der Waals surface area contributed by atoms with E-state index in [1.54, 1.807) is 7.11 Å². The Morgan fingerprint density at radius 1 is 0.838 bits per heavy atom. The Morgan fingerprint density at radius 3 is 2.14 bits per heavy atom. The van der Waals surface area contributed by atoms with Crippen molar-refractivity contribution >= 4 is 34.1 Å². The first-order valence-corrected chi connectivity index (χ1v) is 13.3. The van der Waals surface area contributed by atoms with E-state index < -0.39 is 5.25 Å². The number of thiazole rings is 1. The number of amides is 1. The van der Waals surface area contributed by atoms with Crippen LogP contribution in [0.5, 0.6) is 5.75 Å². The molecule has 3 aromatic carbocycles. The van der Waals surface area contributed by atoms with Gasteiger partial charge in [-0.15, -0.1) is 21.5 Å². The summed E-state index contributed by atoms with van der Waals surface area (Å²) in [6.45, 7) is 1.81. The predicted molar refractivity (Wildman–Crippen MR) is 149 cm³/mol. The number of nitrogens with zero attached hydrogens (tertiary/aromatic N) is 4. The first kappa shape index (κ1) is 24.6. The van der Waals surface area contributed by atoms with Gasteiger partial charge in [0.1, 0.15) is 17.1 Å². The molecule has 0 radical (unpaired) electrons. The van der Waals surface area contributed by atoms with E-state index >= 15 is 0 Å². The van der Waals surface area contributed by atoms with E-state index in [1.165, 1.54) is 23.1 Å². The van der Waals surface area contributed by atoms with Gasteiger partial charge in [0.25, 0.3) is 0 Å². The second kappa shape index (κ2) is 11.3. The van der Waals surface area contributed by atoms with Gasteiger partial charge in [-0.25, -0.2) is 9.97 Å². The molecule has 0 aliphatic carbocycles. The van der Waals surface area contributed by atoms with Crippen molar-refractivity contribution in [1.29, 1.82) is 0 Å². The van der Waals surface area contributed by atoms with Crippen molar-refractivity contribution in [2.24, 2.45) is 0 Å². The molecule has 0 spiro atoms. The van der Waals surface area contributed by atoms with Gasteiger partial charge in [-0.05, 0) is 31.2 Å². The molecule has 1 amide bonds. The van der Waals surface area contributed by atoms with Crippen LogP contribution in [0.2, 0.25) is 0 Å². The fourth-order valence-electron chi connectivity index (χ4n) is 3.59. The third kappa shape index (κ3) is 5.84. The Kier molecular flexibility index (Phi) is 7.53. The zero-order chi connectivity index (χ0) is 25.6. The molecule has 2 heterocycles. The fourth-order valence-corrected chi connectivity index (χ4v) is 5.03. The van der Waals surface area contributed by atoms with E-state index in [0.717, 1.165) is 33.8 Å². The standard InChI is InChI=1S/C28H23N5O2S2/c1-18(26(34)31-27-29-23(17-36-27)19-13-15-22(35-2)16-14-19)37-28-30-24(20-9-5-3-6-10-20)25(32-33-28)21-11-7-4-8-12-21/h3-18H,1-2H3,(H,29,31,34). The number of benzene rings is 3. The number of rotatable bonds is 8.